The van der Waals surface area contributed by atoms with Gasteiger partial charge in [0.15, 0.2) is 5.69 Å². The Morgan fingerprint density at radius 2 is 1.73 bits per heavy atom. The molecule has 26 heavy (non-hydrogen) atoms. The number of carbonyl (C=O) groups is 1. The fourth-order valence-electron chi connectivity index (χ4n) is 2.57. The van der Waals surface area contributed by atoms with Crippen molar-refractivity contribution in [3.8, 4) is 0 Å². The zero-order valence-electron chi connectivity index (χ0n) is 14.1. The van der Waals surface area contributed by atoms with Gasteiger partial charge in [-0.2, -0.15) is 5.10 Å². The van der Waals surface area contributed by atoms with Crippen molar-refractivity contribution in [3.05, 3.63) is 62.5 Å². The van der Waals surface area contributed by atoms with Gasteiger partial charge >= 0.3 is 0 Å². The highest BCUT2D eigenvalue weighted by molar-refractivity contribution is 6.39. The number of fused-ring (bicyclic) bond motifs is 1. The molecule has 6 nitrogen and oxygen atoms in total. The van der Waals surface area contributed by atoms with Crippen LogP contribution >= 0.6 is 23.2 Å². The number of nitrogens with zero attached hydrogens (tertiary/aromatic N) is 2. The maximum absolute atomic E-state index is 12.8. The topological polar surface area (TPSA) is 90.0 Å². The number of anilines is 2. The first-order valence-electron chi connectivity index (χ1n) is 7.87. The molecule has 3 aromatic rings. The summed E-state index contributed by atoms with van der Waals surface area (Å²) in [5.41, 5.74) is 6.22. The molecule has 0 saturated carbocycles. The molecule has 3 N–H and O–H groups in total. The molecule has 1 heterocycles. The van der Waals surface area contributed by atoms with Gasteiger partial charge in [-0.25, -0.2) is 4.68 Å². The highest BCUT2D eigenvalue weighted by Gasteiger charge is 2.18. The number of nitrogen functional groups attached to an aromatic ring is 1. The summed E-state index contributed by atoms with van der Waals surface area (Å²) in [5.74, 6) is -0.479. The molecule has 134 valence electrons. The molecule has 0 atom stereocenters. The van der Waals surface area contributed by atoms with Gasteiger partial charge in [-0.1, -0.05) is 41.4 Å². The zero-order valence-corrected chi connectivity index (χ0v) is 15.6. The van der Waals surface area contributed by atoms with E-state index in [-0.39, 0.29) is 33.0 Å². The maximum atomic E-state index is 12.8. The van der Waals surface area contributed by atoms with E-state index in [0.29, 0.717) is 16.5 Å². The van der Waals surface area contributed by atoms with Crippen LogP contribution in [0.15, 0.2) is 41.2 Å². The Kier molecular flexibility index (Phi) is 4.89. The van der Waals surface area contributed by atoms with Gasteiger partial charge in [0, 0.05) is 11.1 Å². The van der Waals surface area contributed by atoms with Gasteiger partial charge in [-0.15, -0.1) is 0 Å². The first kappa shape index (κ1) is 18.2. The zero-order chi connectivity index (χ0) is 19.0. The highest BCUT2D eigenvalue weighted by atomic mass is 35.5. The van der Waals surface area contributed by atoms with Gasteiger partial charge in [-0.3, -0.25) is 9.59 Å². The highest BCUT2D eigenvalue weighted by Crippen LogP contribution is 2.31. The van der Waals surface area contributed by atoms with E-state index in [9.17, 15) is 9.59 Å². The van der Waals surface area contributed by atoms with Crippen molar-refractivity contribution < 1.29 is 4.79 Å². The second-order valence-corrected chi connectivity index (χ2v) is 6.86. The van der Waals surface area contributed by atoms with E-state index >= 15 is 0 Å². The third kappa shape index (κ3) is 3.25. The summed E-state index contributed by atoms with van der Waals surface area (Å²) in [5, 5.41) is 8.33. The van der Waals surface area contributed by atoms with Gasteiger partial charge in [0.05, 0.1) is 27.2 Å². The van der Waals surface area contributed by atoms with Crippen LogP contribution < -0.4 is 16.6 Å². The van der Waals surface area contributed by atoms with Crippen molar-refractivity contribution in [1.29, 1.82) is 0 Å². The number of carbonyl (C=O) groups excluding carboxylic acids is 1. The van der Waals surface area contributed by atoms with Gasteiger partial charge < -0.3 is 11.1 Å². The second kappa shape index (κ2) is 6.97. The molecule has 0 aliphatic carbocycles. The molecule has 0 saturated heterocycles. The van der Waals surface area contributed by atoms with Crippen LogP contribution in [0, 0.1) is 0 Å². The van der Waals surface area contributed by atoms with E-state index in [0.717, 1.165) is 0 Å². The normalized spacial score (nSPS) is 11.1. The summed E-state index contributed by atoms with van der Waals surface area (Å²) in [4.78, 5) is 25.4. The SMILES string of the molecule is CC(C)n1nc(C(=O)Nc2cc(Cl)c(N)c(Cl)c2)c2ccccc2c1=O. The van der Waals surface area contributed by atoms with Gasteiger partial charge in [0.2, 0.25) is 0 Å². The average Bonchev–Trinajstić information content (AvgIpc) is 2.59. The molecule has 0 aliphatic heterocycles. The Hall–Kier alpha value is -2.57. The molecule has 1 amide bonds. The molecule has 3 rings (SSSR count). The van der Waals surface area contributed by atoms with Crippen molar-refractivity contribution in [2.45, 2.75) is 19.9 Å². The summed E-state index contributed by atoms with van der Waals surface area (Å²) in [6.07, 6.45) is 0. The van der Waals surface area contributed by atoms with E-state index in [1.54, 1.807) is 24.3 Å². The predicted molar refractivity (Wildman–Crippen MR) is 105 cm³/mol. The lowest BCUT2D eigenvalue weighted by molar-refractivity contribution is 0.102. The number of benzene rings is 2. The van der Waals surface area contributed by atoms with E-state index < -0.39 is 5.91 Å². The van der Waals surface area contributed by atoms with Gasteiger partial charge in [-0.05, 0) is 32.0 Å². The molecule has 0 bridgehead atoms. The maximum Gasteiger partial charge on any atom is 0.276 e. The quantitative estimate of drug-likeness (QED) is 0.658. The fraction of sp³-hybridized carbons (Fsp3) is 0.167. The lowest BCUT2D eigenvalue weighted by Gasteiger charge is -2.14. The summed E-state index contributed by atoms with van der Waals surface area (Å²) in [6, 6.07) is 9.66. The Morgan fingerprint density at radius 1 is 1.15 bits per heavy atom. The van der Waals surface area contributed by atoms with Crippen molar-refractivity contribution in [3.63, 3.8) is 0 Å². The van der Waals surface area contributed by atoms with Gasteiger partial charge in [0.25, 0.3) is 11.5 Å². The number of nitrogens with one attached hydrogen (secondary N) is 1. The van der Waals surface area contributed by atoms with Crippen LogP contribution in [0.25, 0.3) is 10.8 Å². The third-order valence-electron chi connectivity index (χ3n) is 3.87. The Morgan fingerprint density at radius 3 is 2.31 bits per heavy atom. The first-order valence-corrected chi connectivity index (χ1v) is 8.62. The second-order valence-electron chi connectivity index (χ2n) is 6.05. The van der Waals surface area contributed by atoms with Crippen LogP contribution in [0.2, 0.25) is 10.0 Å². The molecular formula is C18H16Cl2N4O2. The third-order valence-corrected chi connectivity index (χ3v) is 4.49. The van der Waals surface area contributed by atoms with E-state index in [4.69, 9.17) is 28.9 Å². The molecule has 0 fully saturated rings. The number of halogens is 2. The summed E-state index contributed by atoms with van der Waals surface area (Å²) in [7, 11) is 0. The molecule has 0 spiro atoms. The smallest absolute Gasteiger partial charge is 0.276 e. The van der Waals surface area contributed by atoms with E-state index in [1.165, 1.54) is 16.8 Å². The monoisotopic (exact) mass is 390 g/mol. The standard InChI is InChI=1S/C18H16Cl2N4O2/c1-9(2)24-18(26)12-6-4-3-5-11(12)16(23-24)17(25)22-10-7-13(19)15(21)14(20)8-10/h3-9H,21H2,1-2H3,(H,22,25). The lowest BCUT2D eigenvalue weighted by Crippen LogP contribution is -2.28. The van der Waals surface area contributed by atoms with Crippen LogP contribution in [0.5, 0.6) is 0 Å². The van der Waals surface area contributed by atoms with Crippen LogP contribution in [-0.2, 0) is 0 Å². The minimum atomic E-state index is -0.479. The molecule has 0 unspecified atom stereocenters. The first-order chi connectivity index (χ1) is 12.3. The molecule has 1 aromatic heterocycles. The van der Waals surface area contributed by atoms with Gasteiger partial charge in [0.1, 0.15) is 0 Å². The molecule has 2 aromatic carbocycles. The Labute approximate surface area is 159 Å². The Balaban J connectivity index is 2.11. The number of nitrogens with two attached hydrogens (primary N) is 1. The minimum Gasteiger partial charge on any atom is -0.396 e. The van der Waals surface area contributed by atoms with E-state index in [1.807, 2.05) is 13.8 Å². The van der Waals surface area contributed by atoms with Crippen LogP contribution in [0.1, 0.15) is 30.4 Å². The number of aromatic nitrogens is 2. The fourth-order valence-corrected chi connectivity index (χ4v) is 3.06. The van der Waals surface area contributed by atoms with Crippen molar-refractivity contribution in [2.24, 2.45) is 0 Å². The van der Waals surface area contributed by atoms with Crippen LogP contribution in [-0.4, -0.2) is 15.7 Å². The summed E-state index contributed by atoms with van der Waals surface area (Å²) in [6.45, 7) is 3.65. The van der Waals surface area contributed by atoms with Crippen molar-refractivity contribution in [1.82, 2.24) is 9.78 Å². The van der Waals surface area contributed by atoms with E-state index in [2.05, 4.69) is 10.4 Å². The molecule has 0 aliphatic rings. The molecular weight excluding hydrogens is 375 g/mol. The molecule has 0 radical (unpaired) electrons. The Bertz CT molecular complexity index is 1050. The number of rotatable bonds is 3. The van der Waals surface area contributed by atoms with Crippen LogP contribution in [0.4, 0.5) is 11.4 Å². The summed E-state index contributed by atoms with van der Waals surface area (Å²) >= 11 is 12.0. The number of hydrogen-bond donors (Lipinski definition) is 2. The number of hydrogen-bond acceptors (Lipinski definition) is 4. The molecule has 8 heteroatoms. The van der Waals surface area contributed by atoms with Crippen molar-refractivity contribution in [2.75, 3.05) is 11.1 Å². The van der Waals surface area contributed by atoms with Crippen LogP contribution in [0.3, 0.4) is 0 Å². The summed E-state index contributed by atoms with van der Waals surface area (Å²) < 4.78 is 1.29. The average molecular weight is 391 g/mol. The number of amides is 1. The minimum absolute atomic E-state index is 0.137. The lowest BCUT2D eigenvalue weighted by atomic mass is 10.1. The predicted octanol–water partition coefficient (Wildman–Crippen LogP) is 4.12. The largest absolute Gasteiger partial charge is 0.396 e. The van der Waals surface area contributed by atoms with Crippen molar-refractivity contribution >= 4 is 51.3 Å².